The lowest BCUT2D eigenvalue weighted by molar-refractivity contribution is -0.130. The molecule has 3 heteroatoms. The summed E-state index contributed by atoms with van der Waals surface area (Å²) in [7, 11) is 0. The van der Waals surface area contributed by atoms with Crippen molar-refractivity contribution in [3.63, 3.8) is 0 Å². The molecule has 3 nitrogen and oxygen atoms in total. The minimum Gasteiger partial charge on any atom is -0.456 e. The van der Waals surface area contributed by atoms with Crippen LogP contribution in [0, 0.1) is 0 Å². The number of ether oxygens (including phenoxy) is 1. The first-order valence-corrected chi connectivity index (χ1v) is 8.06. The van der Waals surface area contributed by atoms with Gasteiger partial charge in [0, 0.05) is 28.3 Å². The van der Waals surface area contributed by atoms with E-state index < -0.39 is 5.97 Å². The van der Waals surface area contributed by atoms with Crippen LogP contribution in [0.1, 0.15) is 5.56 Å². The van der Waals surface area contributed by atoms with Gasteiger partial charge in [-0.25, -0.2) is 4.79 Å². The van der Waals surface area contributed by atoms with Crippen LogP contribution in [0.5, 0.6) is 5.75 Å². The number of carbonyl (C=O) groups is 1. The molecule has 3 aromatic carbocycles. The van der Waals surface area contributed by atoms with Gasteiger partial charge in [0.25, 0.3) is 0 Å². The Kier molecular flexibility index (Phi) is 3.82. The summed E-state index contributed by atoms with van der Waals surface area (Å²) in [5.41, 5.74) is 2.93. The van der Waals surface area contributed by atoms with E-state index >= 15 is 0 Å². The molecular weight excluding hydrogens is 312 g/mol. The van der Waals surface area contributed by atoms with Gasteiger partial charge in [0.1, 0.15) is 16.9 Å². The lowest BCUT2D eigenvalue weighted by atomic mass is 10.0. The summed E-state index contributed by atoms with van der Waals surface area (Å²) >= 11 is 0. The highest BCUT2D eigenvalue weighted by Crippen LogP contribution is 2.31. The molecule has 122 valence electrons. The van der Waals surface area contributed by atoms with E-state index in [1.165, 1.54) is 0 Å². The molecule has 1 aromatic heterocycles. The van der Waals surface area contributed by atoms with Crippen LogP contribution in [-0.4, -0.2) is 5.97 Å². The number of rotatable bonds is 4. The van der Waals surface area contributed by atoms with Crippen LogP contribution in [0.25, 0.3) is 21.9 Å². The fourth-order valence-corrected chi connectivity index (χ4v) is 2.91. The highest BCUT2D eigenvalue weighted by molar-refractivity contribution is 6.06. The average Bonchev–Trinajstić information content (AvgIpc) is 3.02. The molecule has 4 aromatic rings. The van der Waals surface area contributed by atoms with Gasteiger partial charge in [-0.15, -0.1) is 0 Å². The fourth-order valence-electron chi connectivity index (χ4n) is 2.91. The zero-order chi connectivity index (χ0) is 17.2. The maximum absolute atomic E-state index is 12.3. The molecule has 0 aliphatic rings. The molecule has 1 heterocycles. The Bertz CT molecular complexity index is 1070. The Labute approximate surface area is 145 Å². The standard InChI is InChI=1S/C22H16O3/c1-15(22(23)24-17-9-3-2-4-10-17)14-16-8-7-12-19-18-11-5-6-13-20(18)25-21(16)19/h2-13H,1,14H2. The smallest absolute Gasteiger partial charge is 0.339 e. The molecule has 0 aliphatic carbocycles. The van der Waals surface area contributed by atoms with Crippen molar-refractivity contribution in [3.8, 4) is 5.75 Å². The maximum Gasteiger partial charge on any atom is 0.339 e. The fraction of sp³-hybridized carbons (Fsp3) is 0.0455. The van der Waals surface area contributed by atoms with Crippen LogP contribution in [0.15, 0.2) is 89.4 Å². The van der Waals surface area contributed by atoms with Crippen molar-refractivity contribution in [2.45, 2.75) is 6.42 Å². The maximum atomic E-state index is 12.3. The quantitative estimate of drug-likeness (QED) is 0.290. The number of hydrogen-bond acceptors (Lipinski definition) is 3. The zero-order valence-corrected chi connectivity index (χ0v) is 13.6. The van der Waals surface area contributed by atoms with Crippen molar-refractivity contribution in [3.05, 3.63) is 90.5 Å². The summed E-state index contributed by atoms with van der Waals surface area (Å²) in [6.07, 6.45) is 0.378. The predicted octanol–water partition coefficient (Wildman–Crippen LogP) is 5.29. The van der Waals surface area contributed by atoms with E-state index in [-0.39, 0.29) is 0 Å². The van der Waals surface area contributed by atoms with Crippen molar-refractivity contribution in [1.29, 1.82) is 0 Å². The number of hydrogen-bond donors (Lipinski definition) is 0. The number of furan rings is 1. The normalized spacial score (nSPS) is 10.9. The highest BCUT2D eigenvalue weighted by atomic mass is 16.5. The Morgan fingerprint density at radius 3 is 2.44 bits per heavy atom. The molecule has 0 unspecified atom stereocenters. The molecule has 0 spiro atoms. The van der Waals surface area contributed by atoms with E-state index in [4.69, 9.17) is 9.15 Å². The van der Waals surface area contributed by atoms with Crippen LogP contribution < -0.4 is 4.74 Å². The van der Waals surface area contributed by atoms with Gasteiger partial charge in [0.15, 0.2) is 0 Å². The largest absolute Gasteiger partial charge is 0.456 e. The lowest BCUT2D eigenvalue weighted by Crippen LogP contribution is -2.12. The van der Waals surface area contributed by atoms with Crippen LogP contribution in [-0.2, 0) is 11.2 Å². The van der Waals surface area contributed by atoms with Crippen LogP contribution in [0.3, 0.4) is 0 Å². The average molecular weight is 328 g/mol. The Balaban J connectivity index is 1.62. The first-order chi connectivity index (χ1) is 12.2. The molecule has 0 aliphatic heterocycles. The van der Waals surface area contributed by atoms with Gasteiger partial charge in [-0.2, -0.15) is 0 Å². The number of benzene rings is 3. The molecule has 0 saturated heterocycles. The van der Waals surface area contributed by atoms with Gasteiger partial charge in [-0.05, 0) is 18.2 Å². The van der Waals surface area contributed by atoms with Gasteiger partial charge in [-0.3, -0.25) is 0 Å². The van der Waals surface area contributed by atoms with Crippen molar-refractivity contribution >= 4 is 27.9 Å². The van der Waals surface area contributed by atoms with Crippen molar-refractivity contribution < 1.29 is 13.9 Å². The molecule has 0 N–H and O–H groups in total. The molecule has 0 bridgehead atoms. The van der Waals surface area contributed by atoms with E-state index in [1.807, 2.05) is 60.7 Å². The summed E-state index contributed by atoms with van der Waals surface area (Å²) in [5.74, 6) is 0.0786. The highest BCUT2D eigenvalue weighted by Gasteiger charge is 2.15. The number of para-hydroxylation sites is 3. The van der Waals surface area contributed by atoms with Gasteiger partial charge >= 0.3 is 5.97 Å². The van der Waals surface area contributed by atoms with E-state index in [0.717, 1.165) is 27.5 Å². The summed E-state index contributed by atoms with van der Waals surface area (Å²) in [6, 6.07) is 22.8. The first kappa shape index (κ1) is 15.2. The summed E-state index contributed by atoms with van der Waals surface area (Å²) in [4.78, 5) is 12.3. The summed E-state index contributed by atoms with van der Waals surface area (Å²) in [5, 5.41) is 2.11. The second kappa shape index (κ2) is 6.29. The topological polar surface area (TPSA) is 39.4 Å². The van der Waals surface area contributed by atoms with Crippen LogP contribution in [0.2, 0.25) is 0 Å². The molecule has 0 fully saturated rings. The second-order valence-electron chi connectivity index (χ2n) is 5.87. The molecule has 0 saturated carbocycles. The SMILES string of the molecule is C=C(Cc1cccc2c1oc1ccccc12)C(=O)Oc1ccccc1. The first-order valence-electron chi connectivity index (χ1n) is 8.06. The number of fused-ring (bicyclic) bond motifs is 3. The van der Waals surface area contributed by atoms with E-state index in [0.29, 0.717) is 17.7 Å². The zero-order valence-electron chi connectivity index (χ0n) is 13.6. The number of esters is 1. The Hall–Kier alpha value is -3.33. The third-order valence-corrected chi connectivity index (χ3v) is 4.13. The minimum absolute atomic E-state index is 0.378. The van der Waals surface area contributed by atoms with Gasteiger partial charge in [0.05, 0.1) is 0 Å². The van der Waals surface area contributed by atoms with Gasteiger partial charge in [0.2, 0.25) is 0 Å². The second-order valence-corrected chi connectivity index (χ2v) is 5.87. The molecule has 0 amide bonds. The van der Waals surface area contributed by atoms with Crippen molar-refractivity contribution in [2.24, 2.45) is 0 Å². The minimum atomic E-state index is -0.431. The van der Waals surface area contributed by atoms with E-state index in [9.17, 15) is 4.79 Å². The summed E-state index contributed by atoms with van der Waals surface area (Å²) < 4.78 is 11.3. The van der Waals surface area contributed by atoms with Crippen LogP contribution >= 0.6 is 0 Å². The van der Waals surface area contributed by atoms with Gasteiger partial charge in [-0.1, -0.05) is 61.2 Å². The van der Waals surface area contributed by atoms with E-state index in [1.54, 1.807) is 12.1 Å². The number of carbonyl (C=O) groups excluding carboxylic acids is 1. The third-order valence-electron chi connectivity index (χ3n) is 4.13. The Morgan fingerprint density at radius 2 is 1.60 bits per heavy atom. The molecule has 25 heavy (non-hydrogen) atoms. The third kappa shape index (κ3) is 2.92. The molecular formula is C22H16O3. The monoisotopic (exact) mass is 328 g/mol. The van der Waals surface area contributed by atoms with Crippen LogP contribution in [0.4, 0.5) is 0 Å². The molecule has 0 radical (unpaired) electrons. The van der Waals surface area contributed by atoms with Gasteiger partial charge < -0.3 is 9.15 Å². The van der Waals surface area contributed by atoms with Crippen molar-refractivity contribution in [1.82, 2.24) is 0 Å². The predicted molar refractivity (Wildman–Crippen MR) is 98.6 cm³/mol. The molecule has 4 rings (SSSR count). The Morgan fingerprint density at radius 1 is 0.880 bits per heavy atom. The van der Waals surface area contributed by atoms with E-state index in [2.05, 4.69) is 6.58 Å². The van der Waals surface area contributed by atoms with Crippen molar-refractivity contribution in [2.75, 3.05) is 0 Å². The lowest BCUT2D eigenvalue weighted by Gasteiger charge is -2.07. The summed E-state index contributed by atoms with van der Waals surface area (Å²) in [6.45, 7) is 3.89. The molecule has 0 atom stereocenters.